The summed E-state index contributed by atoms with van der Waals surface area (Å²) in [4.78, 5) is 11.5. The van der Waals surface area contributed by atoms with Crippen LogP contribution in [0.1, 0.15) is 45.4 Å². The number of anilines is 1. The quantitative estimate of drug-likeness (QED) is 0.666. The molecule has 0 heterocycles. The predicted octanol–water partition coefficient (Wildman–Crippen LogP) is 4.17. The van der Waals surface area contributed by atoms with Gasteiger partial charge >= 0.3 is 6.03 Å². The second-order valence-electron chi connectivity index (χ2n) is 4.51. The molecule has 2 amide bonds. The highest BCUT2D eigenvalue weighted by Gasteiger charge is 1.99. The molecule has 0 saturated carbocycles. The number of para-hydroxylation sites is 1. The van der Waals surface area contributed by atoms with Crippen molar-refractivity contribution < 1.29 is 4.79 Å². The van der Waals surface area contributed by atoms with Gasteiger partial charge in [0.1, 0.15) is 0 Å². The molecule has 3 heteroatoms. The van der Waals surface area contributed by atoms with E-state index in [0.29, 0.717) is 0 Å². The number of amides is 2. The normalized spacial score (nSPS) is 10.1. The molecule has 0 aromatic heterocycles. The summed E-state index contributed by atoms with van der Waals surface area (Å²) < 4.78 is 0. The van der Waals surface area contributed by atoms with Gasteiger partial charge in [0, 0.05) is 12.2 Å². The third kappa shape index (κ3) is 6.94. The van der Waals surface area contributed by atoms with Crippen LogP contribution in [0.15, 0.2) is 30.3 Å². The molecule has 1 aromatic carbocycles. The largest absolute Gasteiger partial charge is 0.338 e. The van der Waals surface area contributed by atoms with Crippen LogP contribution in [0.2, 0.25) is 0 Å². The molecule has 0 atom stereocenters. The summed E-state index contributed by atoms with van der Waals surface area (Å²) in [6.45, 7) is 2.97. The molecule has 0 aliphatic heterocycles. The third-order valence-electron chi connectivity index (χ3n) is 2.85. The van der Waals surface area contributed by atoms with Gasteiger partial charge in [0.2, 0.25) is 0 Å². The Bertz CT molecular complexity index is 325. The van der Waals surface area contributed by atoms with Crippen LogP contribution in [0.4, 0.5) is 10.5 Å². The van der Waals surface area contributed by atoms with Gasteiger partial charge in [-0.1, -0.05) is 57.2 Å². The van der Waals surface area contributed by atoms with Crippen molar-refractivity contribution >= 4 is 11.7 Å². The molecular weight excluding hydrogens is 224 g/mol. The van der Waals surface area contributed by atoms with Crippen LogP contribution in [-0.2, 0) is 0 Å². The van der Waals surface area contributed by atoms with E-state index in [4.69, 9.17) is 0 Å². The molecule has 0 spiro atoms. The molecular formula is C15H24N2O. The number of hydrogen-bond acceptors (Lipinski definition) is 1. The van der Waals surface area contributed by atoms with Gasteiger partial charge in [-0.15, -0.1) is 0 Å². The number of unbranched alkanes of at least 4 members (excludes halogenated alkanes) is 5. The van der Waals surface area contributed by atoms with E-state index in [1.807, 2.05) is 30.3 Å². The van der Waals surface area contributed by atoms with E-state index >= 15 is 0 Å². The average Bonchev–Trinajstić information content (AvgIpc) is 2.39. The fraction of sp³-hybridized carbons (Fsp3) is 0.533. The van der Waals surface area contributed by atoms with E-state index in [9.17, 15) is 4.79 Å². The Kier molecular flexibility index (Phi) is 7.69. The Morgan fingerprint density at radius 3 is 2.39 bits per heavy atom. The van der Waals surface area contributed by atoms with E-state index < -0.39 is 0 Å². The highest BCUT2D eigenvalue weighted by atomic mass is 16.2. The summed E-state index contributed by atoms with van der Waals surface area (Å²) in [5, 5.41) is 5.68. The maximum atomic E-state index is 11.5. The van der Waals surface area contributed by atoms with Crippen LogP contribution >= 0.6 is 0 Å². The molecule has 0 saturated heterocycles. The van der Waals surface area contributed by atoms with Crippen LogP contribution < -0.4 is 10.6 Å². The van der Waals surface area contributed by atoms with Crippen molar-refractivity contribution in [3.8, 4) is 0 Å². The molecule has 3 nitrogen and oxygen atoms in total. The second-order valence-corrected chi connectivity index (χ2v) is 4.51. The van der Waals surface area contributed by atoms with Gasteiger partial charge in [0.05, 0.1) is 0 Å². The molecule has 1 aromatic rings. The van der Waals surface area contributed by atoms with Crippen molar-refractivity contribution in [2.75, 3.05) is 11.9 Å². The highest BCUT2D eigenvalue weighted by molar-refractivity contribution is 5.89. The van der Waals surface area contributed by atoms with Gasteiger partial charge in [-0.3, -0.25) is 0 Å². The van der Waals surface area contributed by atoms with E-state index in [2.05, 4.69) is 17.6 Å². The molecule has 0 unspecified atom stereocenters. The zero-order chi connectivity index (χ0) is 13.1. The minimum absolute atomic E-state index is 0.116. The Morgan fingerprint density at radius 1 is 1.00 bits per heavy atom. The van der Waals surface area contributed by atoms with E-state index in [0.717, 1.165) is 18.7 Å². The van der Waals surface area contributed by atoms with Crippen molar-refractivity contribution in [1.29, 1.82) is 0 Å². The zero-order valence-electron chi connectivity index (χ0n) is 11.2. The van der Waals surface area contributed by atoms with Crippen LogP contribution in [-0.4, -0.2) is 12.6 Å². The molecule has 0 aliphatic carbocycles. The van der Waals surface area contributed by atoms with Crippen LogP contribution in [0.25, 0.3) is 0 Å². The summed E-state index contributed by atoms with van der Waals surface area (Å²) in [7, 11) is 0. The second kappa shape index (κ2) is 9.51. The van der Waals surface area contributed by atoms with Gasteiger partial charge in [-0.2, -0.15) is 0 Å². The number of carbonyl (C=O) groups is 1. The Labute approximate surface area is 110 Å². The monoisotopic (exact) mass is 248 g/mol. The Morgan fingerprint density at radius 2 is 1.67 bits per heavy atom. The zero-order valence-corrected chi connectivity index (χ0v) is 11.2. The van der Waals surface area contributed by atoms with E-state index in [-0.39, 0.29) is 6.03 Å². The Hall–Kier alpha value is -1.51. The first-order chi connectivity index (χ1) is 8.83. The fourth-order valence-corrected chi connectivity index (χ4v) is 1.80. The summed E-state index contributed by atoms with van der Waals surface area (Å²) >= 11 is 0. The number of urea groups is 1. The maximum absolute atomic E-state index is 11.5. The average molecular weight is 248 g/mol. The number of carbonyl (C=O) groups excluding carboxylic acids is 1. The van der Waals surface area contributed by atoms with Crippen molar-refractivity contribution in [2.45, 2.75) is 45.4 Å². The van der Waals surface area contributed by atoms with Crippen molar-refractivity contribution in [1.82, 2.24) is 5.32 Å². The molecule has 0 fully saturated rings. The smallest absolute Gasteiger partial charge is 0.319 e. The molecule has 0 radical (unpaired) electrons. The topological polar surface area (TPSA) is 41.1 Å². The minimum atomic E-state index is -0.116. The molecule has 18 heavy (non-hydrogen) atoms. The number of nitrogens with one attached hydrogen (secondary N) is 2. The lowest BCUT2D eigenvalue weighted by molar-refractivity contribution is 0.252. The number of benzene rings is 1. The first-order valence-corrected chi connectivity index (χ1v) is 6.93. The summed E-state index contributed by atoms with van der Waals surface area (Å²) in [6.07, 6.45) is 7.44. The fourth-order valence-electron chi connectivity index (χ4n) is 1.80. The van der Waals surface area contributed by atoms with Crippen molar-refractivity contribution in [3.63, 3.8) is 0 Å². The van der Waals surface area contributed by atoms with E-state index in [1.54, 1.807) is 0 Å². The highest BCUT2D eigenvalue weighted by Crippen LogP contribution is 2.05. The molecule has 0 aliphatic rings. The van der Waals surface area contributed by atoms with E-state index in [1.165, 1.54) is 32.1 Å². The van der Waals surface area contributed by atoms with Crippen LogP contribution in [0, 0.1) is 0 Å². The van der Waals surface area contributed by atoms with Gasteiger partial charge in [0.25, 0.3) is 0 Å². The van der Waals surface area contributed by atoms with Gasteiger partial charge < -0.3 is 10.6 Å². The minimum Gasteiger partial charge on any atom is -0.338 e. The van der Waals surface area contributed by atoms with Crippen LogP contribution in [0.3, 0.4) is 0 Å². The first-order valence-electron chi connectivity index (χ1n) is 6.93. The lowest BCUT2D eigenvalue weighted by atomic mass is 10.1. The maximum Gasteiger partial charge on any atom is 0.319 e. The molecule has 1 rings (SSSR count). The lowest BCUT2D eigenvalue weighted by Crippen LogP contribution is -2.29. The predicted molar refractivity (Wildman–Crippen MR) is 76.8 cm³/mol. The summed E-state index contributed by atoms with van der Waals surface area (Å²) in [5.41, 5.74) is 0.831. The van der Waals surface area contributed by atoms with Gasteiger partial charge in [-0.05, 0) is 18.6 Å². The first kappa shape index (κ1) is 14.6. The van der Waals surface area contributed by atoms with Gasteiger partial charge in [0.15, 0.2) is 0 Å². The SMILES string of the molecule is CCCCCCCCNC(=O)Nc1ccccc1. The lowest BCUT2D eigenvalue weighted by Gasteiger charge is -2.07. The standard InChI is InChI=1S/C15H24N2O/c1-2-3-4-5-6-10-13-16-15(18)17-14-11-8-7-9-12-14/h7-9,11-12H,2-6,10,13H2,1H3,(H2,16,17,18). The Balaban J connectivity index is 2.00. The summed E-state index contributed by atoms with van der Waals surface area (Å²) in [5.74, 6) is 0. The third-order valence-corrected chi connectivity index (χ3v) is 2.85. The van der Waals surface area contributed by atoms with Gasteiger partial charge in [-0.25, -0.2) is 4.79 Å². The van der Waals surface area contributed by atoms with Crippen LogP contribution in [0.5, 0.6) is 0 Å². The molecule has 100 valence electrons. The van der Waals surface area contributed by atoms with Crippen molar-refractivity contribution in [3.05, 3.63) is 30.3 Å². The molecule has 0 bridgehead atoms. The number of rotatable bonds is 8. The molecule has 2 N–H and O–H groups in total. The van der Waals surface area contributed by atoms with Crippen molar-refractivity contribution in [2.24, 2.45) is 0 Å². The number of hydrogen-bond donors (Lipinski definition) is 2. The summed E-state index contributed by atoms with van der Waals surface area (Å²) in [6, 6.07) is 9.38.